The van der Waals surface area contributed by atoms with Gasteiger partial charge < -0.3 is 26.5 Å². The van der Waals surface area contributed by atoms with Crippen molar-refractivity contribution in [3.05, 3.63) is 109 Å². The van der Waals surface area contributed by atoms with Gasteiger partial charge >= 0.3 is 0 Å². The van der Waals surface area contributed by atoms with Crippen molar-refractivity contribution < 1.29 is 26.5 Å². The van der Waals surface area contributed by atoms with E-state index in [-0.39, 0.29) is 17.0 Å². The van der Waals surface area contributed by atoms with Crippen LogP contribution in [0.1, 0.15) is 0 Å². The lowest BCUT2D eigenvalue weighted by molar-refractivity contribution is -0.00000627. The maximum Gasteiger partial charge on any atom is 0.144 e. The number of rotatable bonds is 6. The Morgan fingerprint density at radius 1 is 0.467 bits per heavy atom. The van der Waals surface area contributed by atoms with Crippen LogP contribution in [0.25, 0.3) is 0 Å². The Balaban J connectivity index is 0.00000256. The van der Waals surface area contributed by atoms with Gasteiger partial charge in [0.05, 0.1) is 14.2 Å². The molecule has 0 aliphatic carbocycles. The van der Waals surface area contributed by atoms with E-state index < -0.39 is 7.26 Å². The standard InChI is InChI=1S/C26H24O2P.BrH/c1-27-21-18-22(28-2)20-26(19-21)29(23-12-6-3-7-13-23,24-14-8-4-9-15-24)25-16-10-5-11-17-25;/h3-20H,1-2H3;1H/q+1;/p-1. The van der Waals surface area contributed by atoms with Crippen LogP contribution in [-0.4, -0.2) is 14.2 Å². The molecular formula is C26H24BrO2P. The van der Waals surface area contributed by atoms with Crippen LogP contribution < -0.4 is 47.7 Å². The van der Waals surface area contributed by atoms with Gasteiger partial charge in [0, 0.05) is 18.2 Å². The highest BCUT2D eigenvalue weighted by molar-refractivity contribution is 8.01. The summed E-state index contributed by atoms with van der Waals surface area (Å²) in [6.45, 7) is 0. The van der Waals surface area contributed by atoms with Gasteiger partial charge in [-0.05, 0) is 36.4 Å². The third-order valence-electron chi connectivity index (χ3n) is 5.15. The molecular weight excluding hydrogens is 455 g/mol. The zero-order chi connectivity index (χ0) is 20.1. The molecule has 0 aromatic heterocycles. The highest BCUT2D eigenvalue weighted by Crippen LogP contribution is 2.55. The molecule has 0 fully saturated rings. The maximum absolute atomic E-state index is 5.64. The number of methoxy groups -OCH3 is 2. The predicted octanol–water partition coefficient (Wildman–Crippen LogP) is 1.33. The topological polar surface area (TPSA) is 18.5 Å². The van der Waals surface area contributed by atoms with E-state index in [4.69, 9.17) is 9.47 Å². The normalized spacial score (nSPS) is 10.7. The summed E-state index contributed by atoms with van der Waals surface area (Å²) >= 11 is 0. The number of hydrogen-bond acceptors (Lipinski definition) is 2. The van der Waals surface area contributed by atoms with Crippen LogP contribution in [0.5, 0.6) is 11.5 Å². The average molecular weight is 479 g/mol. The Labute approximate surface area is 189 Å². The molecule has 0 N–H and O–H groups in total. The summed E-state index contributed by atoms with van der Waals surface area (Å²) in [6, 6.07) is 38.6. The van der Waals surface area contributed by atoms with Crippen molar-refractivity contribution in [3.63, 3.8) is 0 Å². The minimum atomic E-state index is -2.15. The molecule has 4 heteroatoms. The van der Waals surface area contributed by atoms with Gasteiger partial charge in [-0.25, -0.2) is 0 Å². The average Bonchev–Trinajstić information content (AvgIpc) is 2.81. The molecule has 152 valence electrons. The fraction of sp³-hybridized carbons (Fsp3) is 0.0769. The Morgan fingerprint density at radius 2 is 0.800 bits per heavy atom. The Morgan fingerprint density at radius 3 is 1.10 bits per heavy atom. The van der Waals surface area contributed by atoms with Crippen LogP contribution in [0.4, 0.5) is 0 Å². The fourth-order valence-electron chi connectivity index (χ4n) is 3.84. The number of halogens is 1. The largest absolute Gasteiger partial charge is 1.00 e. The van der Waals surface area contributed by atoms with Crippen LogP contribution >= 0.6 is 7.26 Å². The van der Waals surface area contributed by atoms with E-state index in [1.54, 1.807) is 14.2 Å². The first kappa shape index (κ1) is 22.1. The van der Waals surface area contributed by atoms with Gasteiger partial charge in [-0.15, -0.1) is 0 Å². The molecule has 30 heavy (non-hydrogen) atoms. The van der Waals surface area contributed by atoms with Gasteiger partial charge in [0.2, 0.25) is 0 Å². The monoisotopic (exact) mass is 478 g/mol. The first-order valence-electron chi connectivity index (χ1n) is 9.58. The van der Waals surface area contributed by atoms with Crippen LogP contribution in [-0.2, 0) is 0 Å². The van der Waals surface area contributed by atoms with E-state index in [9.17, 15) is 0 Å². The third kappa shape index (κ3) is 4.01. The molecule has 4 aromatic carbocycles. The Bertz CT molecular complexity index is 951. The summed E-state index contributed by atoms with van der Waals surface area (Å²) in [5.74, 6) is 1.60. The second-order valence-corrected chi connectivity index (χ2v) is 10.2. The number of ether oxygens (including phenoxy) is 2. The van der Waals surface area contributed by atoms with Gasteiger partial charge in [-0.3, -0.25) is 0 Å². The van der Waals surface area contributed by atoms with Crippen molar-refractivity contribution in [1.82, 2.24) is 0 Å². The molecule has 2 nitrogen and oxygen atoms in total. The van der Waals surface area contributed by atoms with E-state index in [0.29, 0.717) is 0 Å². The lowest BCUT2D eigenvalue weighted by Crippen LogP contribution is -3.00. The van der Waals surface area contributed by atoms with Crippen LogP contribution in [0, 0.1) is 0 Å². The van der Waals surface area contributed by atoms with Crippen LogP contribution in [0.3, 0.4) is 0 Å². The molecule has 0 unspecified atom stereocenters. The summed E-state index contributed by atoms with van der Waals surface area (Å²) in [4.78, 5) is 0. The van der Waals surface area contributed by atoms with Gasteiger partial charge in [0.1, 0.15) is 40.0 Å². The SMILES string of the molecule is COc1cc(OC)cc([P+](c2ccccc2)(c2ccccc2)c2ccccc2)c1.[Br-]. The van der Waals surface area contributed by atoms with Gasteiger partial charge in [0.15, 0.2) is 0 Å². The molecule has 0 amide bonds. The summed E-state index contributed by atoms with van der Waals surface area (Å²) in [5, 5.41) is 5.10. The molecule has 0 saturated heterocycles. The summed E-state index contributed by atoms with van der Waals surface area (Å²) in [5.41, 5.74) is 0. The second-order valence-electron chi connectivity index (χ2n) is 6.75. The molecule has 0 spiro atoms. The highest BCUT2D eigenvalue weighted by atomic mass is 79.9. The fourth-order valence-corrected chi connectivity index (χ4v) is 8.12. The lowest BCUT2D eigenvalue weighted by atomic mass is 10.3. The van der Waals surface area contributed by atoms with Crippen molar-refractivity contribution >= 4 is 28.5 Å². The molecule has 4 aromatic rings. The lowest BCUT2D eigenvalue weighted by Gasteiger charge is -2.28. The van der Waals surface area contributed by atoms with E-state index in [2.05, 4.69) is 103 Å². The van der Waals surface area contributed by atoms with Gasteiger partial charge in [-0.1, -0.05) is 54.6 Å². The molecule has 0 saturated carbocycles. The van der Waals surface area contributed by atoms with Crippen molar-refractivity contribution in [2.24, 2.45) is 0 Å². The Hall–Kier alpha value is -2.61. The summed E-state index contributed by atoms with van der Waals surface area (Å²) < 4.78 is 11.3. The quantitative estimate of drug-likeness (QED) is 0.389. The van der Waals surface area contributed by atoms with E-state index in [1.807, 2.05) is 6.07 Å². The zero-order valence-electron chi connectivity index (χ0n) is 17.0. The molecule has 0 bridgehead atoms. The van der Waals surface area contributed by atoms with Crippen LogP contribution in [0.2, 0.25) is 0 Å². The van der Waals surface area contributed by atoms with Crippen molar-refractivity contribution in [2.75, 3.05) is 14.2 Å². The summed E-state index contributed by atoms with van der Waals surface area (Å²) in [7, 11) is 1.26. The number of hydrogen-bond donors (Lipinski definition) is 0. The molecule has 0 aliphatic heterocycles. The van der Waals surface area contributed by atoms with Crippen LogP contribution in [0.15, 0.2) is 109 Å². The second kappa shape index (κ2) is 9.93. The molecule has 4 rings (SSSR count). The van der Waals surface area contributed by atoms with E-state index in [0.717, 1.165) is 11.5 Å². The molecule has 0 radical (unpaired) electrons. The van der Waals surface area contributed by atoms with Crippen molar-refractivity contribution in [1.29, 1.82) is 0 Å². The zero-order valence-corrected chi connectivity index (χ0v) is 19.5. The molecule has 0 aliphatic rings. The Kier molecular flexibility index (Phi) is 7.31. The van der Waals surface area contributed by atoms with Gasteiger partial charge in [0.25, 0.3) is 0 Å². The summed E-state index contributed by atoms with van der Waals surface area (Å²) in [6.07, 6.45) is 0. The smallest absolute Gasteiger partial charge is 0.144 e. The minimum Gasteiger partial charge on any atom is -1.00 e. The first-order valence-corrected chi connectivity index (χ1v) is 11.4. The van der Waals surface area contributed by atoms with Crippen molar-refractivity contribution in [3.8, 4) is 11.5 Å². The third-order valence-corrected chi connectivity index (χ3v) is 9.40. The molecule has 0 heterocycles. The van der Waals surface area contributed by atoms with Crippen molar-refractivity contribution in [2.45, 2.75) is 0 Å². The predicted molar refractivity (Wildman–Crippen MR) is 124 cm³/mol. The number of benzene rings is 4. The molecule has 0 atom stereocenters. The first-order chi connectivity index (χ1) is 14.3. The van der Waals surface area contributed by atoms with E-state index in [1.165, 1.54) is 21.2 Å². The van der Waals surface area contributed by atoms with Gasteiger partial charge in [-0.2, -0.15) is 0 Å². The maximum atomic E-state index is 5.64. The van der Waals surface area contributed by atoms with E-state index >= 15 is 0 Å². The minimum absolute atomic E-state index is 0. The highest BCUT2D eigenvalue weighted by Gasteiger charge is 2.48.